The molecule has 0 aromatic carbocycles. The van der Waals surface area contributed by atoms with Gasteiger partial charge in [0.05, 0.1) is 6.54 Å². The lowest BCUT2D eigenvalue weighted by Crippen LogP contribution is -2.50. The van der Waals surface area contributed by atoms with Gasteiger partial charge in [-0.15, -0.1) is 0 Å². The molecule has 0 spiro atoms. The molecule has 1 heterocycles. The molecule has 138 valence electrons. The number of nitrogens with one attached hydrogen (secondary N) is 2. The molecule has 1 aliphatic carbocycles. The minimum absolute atomic E-state index is 0.116. The zero-order chi connectivity index (χ0) is 17.7. The van der Waals surface area contributed by atoms with Crippen LogP contribution in [0, 0.1) is 11.3 Å². The van der Waals surface area contributed by atoms with E-state index in [0.29, 0.717) is 18.5 Å². The first-order chi connectivity index (χ1) is 11.3. The zero-order valence-electron chi connectivity index (χ0n) is 15.9. The van der Waals surface area contributed by atoms with E-state index in [1.165, 1.54) is 19.3 Å². The van der Waals surface area contributed by atoms with Crippen LogP contribution in [0.2, 0.25) is 0 Å². The van der Waals surface area contributed by atoms with Crippen molar-refractivity contribution in [1.82, 2.24) is 15.5 Å². The molecule has 0 unspecified atom stereocenters. The quantitative estimate of drug-likeness (QED) is 0.827. The maximum Gasteiger partial charge on any atom is 0.234 e. The van der Waals surface area contributed by atoms with E-state index in [4.69, 9.17) is 0 Å². The first-order valence-corrected chi connectivity index (χ1v) is 9.58. The van der Waals surface area contributed by atoms with Gasteiger partial charge in [-0.3, -0.25) is 14.5 Å². The van der Waals surface area contributed by atoms with E-state index in [1.807, 2.05) is 20.8 Å². The van der Waals surface area contributed by atoms with Crippen LogP contribution in [0.5, 0.6) is 0 Å². The van der Waals surface area contributed by atoms with E-state index in [2.05, 4.69) is 22.5 Å². The second-order valence-electron chi connectivity index (χ2n) is 8.71. The van der Waals surface area contributed by atoms with Gasteiger partial charge in [-0.2, -0.15) is 0 Å². The van der Waals surface area contributed by atoms with Crippen molar-refractivity contribution in [2.24, 2.45) is 11.3 Å². The van der Waals surface area contributed by atoms with Crippen molar-refractivity contribution in [3.8, 4) is 0 Å². The number of carbonyl (C=O) groups is 2. The van der Waals surface area contributed by atoms with E-state index >= 15 is 0 Å². The average Bonchev–Trinajstić information content (AvgIpc) is 2.50. The van der Waals surface area contributed by atoms with E-state index in [1.54, 1.807) is 0 Å². The minimum atomic E-state index is -0.340. The molecule has 1 saturated carbocycles. The first-order valence-electron chi connectivity index (χ1n) is 9.58. The summed E-state index contributed by atoms with van der Waals surface area (Å²) in [7, 11) is 0. The molecule has 24 heavy (non-hydrogen) atoms. The topological polar surface area (TPSA) is 61.4 Å². The Morgan fingerprint density at radius 3 is 2.21 bits per heavy atom. The number of hydrogen-bond donors (Lipinski definition) is 2. The third-order valence-corrected chi connectivity index (χ3v) is 5.43. The Kier molecular flexibility index (Phi) is 6.67. The molecule has 2 atom stereocenters. The highest BCUT2D eigenvalue weighted by atomic mass is 16.2. The maximum absolute atomic E-state index is 12.3. The third-order valence-electron chi connectivity index (χ3n) is 5.43. The lowest BCUT2D eigenvalue weighted by molar-refractivity contribution is -0.130. The summed E-state index contributed by atoms with van der Waals surface area (Å²) in [6.45, 7) is 10.3. The fourth-order valence-electron chi connectivity index (χ4n) is 3.62. The van der Waals surface area contributed by atoms with E-state index in [-0.39, 0.29) is 23.3 Å². The first kappa shape index (κ1) is 19.2. The van der Waals surface area contributed by atoms with Crippen LogP contribution in [-0.4, -0.2) is 48.4 Å². The molecule has 0 radical (unpaired) electrons. The van der Waals surface area contributed by atoms with Crippen molar-refractivity contribution < 1.29 is 9.59 Å². The van der Waals surface area contributed by atoms with Crippen LogP contribution in [0.1, 0.15) is 66.2 Å². The smallest absolute Gasteiger partial charge is 0.234 e. The van der Waals surface area contributed by atoms with Gasteiger partial charge in [0.2, 0.25) is 11.8 Å². The maximum atomic E-state index is 12.3. The third kappa shape index (κ3) is 5.76. The molecule has 1 aliphatic heterocycles. The Morgan fingerprint density at radius 1 is 1.00 bits per heavy atom. The summed E-state index contributed by atoms with van der Waals surface area (Å²) in [6, 6.07) is 0.601. The van der Waals surface area contributed by atoms with Crippen LogP contribution in [0.3, 0.4) is 0 Å². The highest BCUT2D eigenvalue weighted by molar-refractivity contribution is 5.81. The van der Waals surface area contributed by atoms with Crippen molar-refractivity contribution in [1.29, 1.82) is 0 Å². The second kappa shape index (κ2) is 8.32. The minimum Gasteiger partial charge on any atom is -0.353 e. The van der Waals surface area contributed by atoms with Crippen LogP contribution in [0.15, 0.2) is 0 Å². The summed E-state index contributed by atoms with van der Waals surface area (Å²) >= 11 is 0. The van der Waals surface area contributed by atoms with Crippen LogP contribution in [0.4, 0.5) is 0 Å². The Bertz CT molecular complexity index is 436. The van der Waals surface area contributed by atoms with Gasteiger partial charge in [0.1, 0.15) is 0 Å². The van der Waals surface area contributed by atoms with Gasteiger partial charge in [0.25, 0.3) is 0 Å². The van der Waals surface area contributed by atoms with Gasteiger partial charge >= 0.3 is 0 Å². The summed E-state index contributed by atoms with van der Waals surface area (Å²) in [5, 5.41) is 6.37. The van der Waals surface area contributed by atoms with Gasteiger partial charge in [-0.1, -0.05) is 40.5 Å². The van der Waals surface area contributed by atoms with Crippen molar-refractivity contribution in [2.45, 2.75) is 78.3 Å². The number of likely N-dealkylation sites (tertiary alicyclic amines) is 1. The van der Waals surface area contributed by atoms with Gasteiger partial charge in [0.15, 0.2) is 0 Å². The highest BCUT2D eigenvalue weighted by Crippen LogP contribution is 2.23. The fourth-order valence-corrected chi connectivity index (χ4v) is 3.62. The summed E-state index contributed by atoms with van der Waals surface area (Å²) in [5.74, 6) is 0.872. The SMILES string of the molecule is C[C@H]1CCCC[C@@H]1NC(=O)CN1CCC(NC(=O)C(C)(C)C)CC1. The van der Waals surface area contributed by atoms with E-state index in [9.17, 15) is 9.59 Å². The standard InChI is InChI=1S/C19H35N3O2/c1-14-7-5-6-8-16(14)21-17(23)13-22-11-9-15(10-12-22)20-18(24)19(2,3)4/h14-16H,5-13H2,1-4H3,(H,20,24)(H,21,23)/t14-,16-/m0/s1. The number of carbonyl (C=O) groups excluding carboxylic acids is 2. The molecule has 1 saturated heterocycles. The monoisotopic (exact) mass is 337 g/mol. The molecule has 2 fully saturated rings. The van der Waals surface area contributed by atoms with Gasteiger partial charge < -0.3 is 10.6 Å². The molecular weight excluding hydrogens is 302 g/mol. The molecule has 2 N–H and O–H groups in total. The summed E-state index contributed by atoms with van der Waals surface area (Å²) in [5.41, 5.74) is -0.340. The van der Waals surface area contributed by atoms with Gasteiger partial charge in [-0.05, 0) is 31.6 Å². The number of rotatable bonds is 4. The van der Waals surface area contributed by atoms with Crippen molar-refractivity contribution in [2.75, 3.05) is 19.6 Å². The number of hydrogen-bond acceptors (Lipinski definition) is 3. The largest absolute Gasteiger partial charge is 0.353 e. The average molecular weight is 338 g/mol. The number of piperidine rings is 1. The Morgan fingerprint density at radius 2 is 1.62 bits per heavy atom. The number of amides is 2. The van der Waals surface area contributed by atoms with Crippen LogP contribution < -0.4 is 10.6 Å². The van der Waals surface area contributed by atoms with Gasteiger partial charge in [-0.25, -0.2) is 0 Å². The zero-order valence-corrected chi connectivity index (χ0v) is 15.9. The van der Waals surface area contributed by atoms with Crippen LogP contribution in [0.25, 0.3) is 0 Å². The molecule has 2 amide bonds. The normalized spacial score (nSPS) is 26.8. The molecule has 0 aromatic heterocycles. The van der Waals surface area contributed by atoms with Crippen molar-refractivity contribution in [3.63, 3.8) is 0 Å². The van der Waals surface area contributed by atoms with Crippen molar-refractivity contribution in [3.05, 3.63) is 0 Å². The van der Waals surface area contributed by atoms with E-state index in [0.717, 1.165) is 32.4 Å². The summed E-state index contributed by atoms with van der Waals surface area (Å²) < 4.78 is 0. The summed E-state index contributed by atoms with van der Waals surface area (Å²) in [4.78, 5) is 26.6. The molecular formula is C19H35N3O2. The fraction of sp³-hybridized carbons (Fsp3) is 0.895. The molecule has 5 heteroatoms. The Balaban J connectivity index is 1.69. The van der Waals surface area contributed by atoms with E-state index < -0.39 is 0 Å². The molecule has 0 aromatic rings. The van der Waals surface area contributed by atoms with Crippen LogP contribution in [-0.2, 0) is 9.59 Å². The predicted octanol–water partition coefficient (Wildman–Crippen LogP) is 2.31. The molecule has 0 bridgehead atoms. The highest BCUT2D eigenvalue weighted by Gasteiger charge is 2.28. The molecule has 2 rings (SSSR count). The second-order valence-corrected chi connectivity index (χ2v) is 8.71. The predicted molar refractivity (Wildman–Crippen MR) is 96.6 cm³/mol. The molecule has 2 aliphatic rings. The van der Waals surface area contributed by atoms with Crippen molar-refractivity contribution >= 4 is 11.8 Å². The van der Waals surface area contributed by atoms with Gasteiger partial charge in [0, 0.05) is 30.6 Å². The lowest BCUT2D eigenvalue weighted by Gasteiger charge is -2.34. The number of nitrogens with zero attached hydrogens (tertiary/aromatic N) is 1. The summed E-state index contributed by atoms with van der Waals surface area (Å²) in [6.07, 6.45) is 6.72. The molecule has 5 nitrogen and oxygen atoms in total. The lowest BCUT2D eigenvalue weighted by atomic mass is 9.86. The Labute approximate surface area is 146 Å². The Hall–Kier alpha value is -1.10. The van der Waals surface area contributed by atoms with Crippen LogP contribution >= 0.6 is 0 Å².